The topological polar surface area (TPSA) is 61.0 Å². The van der Waals surface area contributed by atoms with E-state index in [2.05, 4.69) is 11.9 Å². The summed E-state index contributed by atoms with van der Waals surface area (Å²) in [6.07, 6.45) is 2.89. The highest BCUT2D eigenvalue weighted by Gasteiger charge is 2.17. The van der Waals surface area contributed by atoms with Gasteiger partial charge in [0.05, 0.1) is 18.9 Å². The first-order valence-electron chi connectivity index (χ1n) is 5.72. The SMILES string of the molecule is CCCN(CCO)c1nc2sccn2c1CO. The third-order valence-electron chi connectivity index (χ3n) is 2.65. The number of rotatable bonds is 6. The summed E-state index contributed by atoms with van der Waals surface area (Å²) in [4.78, 5) is 7.41. The van der Waals surface area contributed by atoms with E-state index in [9.17, 15) is 5.11 Å². The number of aromatic nitrogens is 2. The van der Waals surface area contributed by atoms with Gasteiger partial charge < -0.3 is 15.1 Å². The molecular formula is C11H17N3O2S. The molecule has 2 aromatic rings. The van der Waals surface area contributed by atoms with Crippen molar-refractivity contribution in [2.75, 3.05) is 24.6 Å². The Morgan fingerprint density at radius 2 is 2.24 bits per heavy atom. The molecule has 17 heavy (non-hydrogen) atoms. The van der Waals surface area contributed by atoms with Gasteiger partial charge in [-0.15, -0.1) is 11.3 Å². The number of hydrogen-bond donors (Lipinski definition) is 2. The largest absolute Gasteiger partial charge is 0.395 e. The maximum Gasteiger partial charge on any atom is 0.195 e. The maximum absolute atomic E-state index is 9.46. The number of thiazole rings is 1. The fraction of sp³-hybridized carbons (Fsp3) is 0.545. The molecule has 0 aromatic carbocycles. The minimum atomic E-state index is -0.0428. The van der Waals surface area contributed by atoms with E-state index >= 15 is 0 Å². The first-order chi connectivity index (χ1) is 8.31. The first kappa shape index (κ1) is 12.3. The molecule has 2 aromatic heterocycles. The van der Waals surface area contributed by atoms with Gasteiger partial charge in [-0.1, -0.05) is 6.92 Å². The van der Waals surface area contributed by atoms with E-state index in [0.29, 0.717) is 6.54 Å². The molecular weight excluding hydrogens is 238 g/mol. The van der Waals surface area contributed by atoms with Gasteiger partial charge in [0.25, 0.3) is 0 Å². The minimum absolute atomic E-state index is 0.0428. The maximum atomic E-state index is 9.46. The zero-order chi connectivity index (χ0) is 12.3. The Bertz CT molecular complexity index is 474. The summed E-state index contributed by atoms with van der Waals surface area (Å²) < 4.78 is 1.90. The van der Waals surface area contributed by atoms with E-state index < -0.39 is 0 Å². The Morgan fingerprint density at radius 1 is 1.41 bits per heavy atom. The Kier molecular flexibility index (Phi) is 3.98. The van der Waals surface area contributed by atoms with Gasteiger partial charge in [-0.3, -0.25) is 4.40 Å². The molecule has 6 heteroatoms. The molecule has 0 aliphatic rings. The van der Waals surface area contributed by atoms with Crippen LogP contribution in [0.1, 0.15) is 19.0 Å². The normalized spacial score (nSPS) is 11.2. The highest BCUT2D eigenvalue weighted by molar-refractivity contribution is 7.15. The molecule has 0 atom stereocenters. The lowest BCUT2D eigenvalue weighted by Crippen LogP contribution is -2.28. The van der Waals surface area contributed by atoms with Crippen molar-refractivity contribution in [2.24, 2.45) is 0 Å². The van der Waals surface area contributed by atoms with Crippen LogP contribution in [0.3, 0.4) is 0 Å². The standard InChI is InChI=1S/C11H17N3O2S/c1-2-3-13(4-6-15)10-9(8-16)14-5-7-17-11(14)12-10/h5,7,15-16H,2-4,6,8H2,1H3. The lowest BCUT2D eigenvalue weighted by atomic mass is 10.3. The third-order valence-corrected chi connectivity index (χ3v) is 3.41. The summed E-state index contributed by atoms with van der Waals surface area (Å²) in [5.74, 6) is 0.787. The highest BCUT2D eigenvalue weighted by atomic mass is 32.1. The number of aliphatic hydroxyl groups is 2. The molecule has 2 rings (SSSR count). The molecule has 0 amide bonds. The van der Waals surface area contributed by atoms with Crippen LogP contribution in [0.25, 0.3) is 4.96 Å². The van der Waals surface area contributed by atoms with Crippen LogP contribution in [-0.4, -0.2) is 39.3 Å². The molecule has 2 N–H and O–H groups in total. The summed E-state index contributed by atoms with van der Waals surface area (Å²) in [6, 6.07) is 0. The molecule has 0 saturated carbocycles. The van der Waals surface area contributed by atoms with Crippen molar-refractivity contribution < 1.29 is 10.2 Å². The summed E-state index contributed by atoms with van der Waals surface area (Å²) in [5.41, 5.74) is 0.795. The van der Waals surface area contributed by atoms with Gasteiger partial charge in [-0.25, -0.2) is 4.98 Å². The molecule has 5 nitrogen and oxygen atoms in total. The Balaban J connectivity index is 2.40. The quantitative estimate of drug-likeness (QED) is 0.811. The average molecular weight is 255 g/mol. The van der Waals surface area contributed by atoms with Crippen molar-refractivity contribution in [3.63, 3.8) is 0 Å². The predicted octanol–water partition coefficient (Wildman–Crippen LogP) is 1.10. The van der Waals surface area contributed by atoms with Crippen LogP contribution < -0.4 is 4.90 Å². The van der Waals surface area contributed by atoms with Gasteiger partial charge in [-0.05, 0) is 6.42 Å². The smallest absolute Gasteiger partial charge is 0.195 e. The lowest BCUT2D eigenvalue weighted by molar-refractivity contribution is 0.275. The molecule has 0 aliphatic heterocycles. The molecule has 0 aliphatic carbocycles. The van der Waals surface area contributed by atoms with Crippen LogP contribution in [-0.2, 0) is 6.61 Å². The average Bonchev–Trinajstić information content (AvgIpc) is 2.87. The summed E-state index contributed by atoms with van der Waals surface area (Å²) in [7, 11) is 0. The van der Waals surface area contributed by atoms with Gasteiger partial charge in [-0.2, -0.15) is 0 Å². The molecule has 94 valence electrons. The summed E-state index contributed by atoms with van der Waals surface area (Å²) in [6.45, 7) is 3.51. The molecule has 0 unspecified atom stereocenters. The van der Waals surface area contributed by atoms with Crippen LogP contribution >= 0.6 is 11.3 Å². The van der Waals surface area contributed by atoms with Gasteiger partial charge in [0.1, 0.15) is 0 Å². The summed E-state index contributed by atoms with van der Waals surface area (Å²) in [5, 5.41) is 20.5. The number of hydrogen-bond acceptors (Lipinski definition) is 5. The monoisotopic (exact) mass is 255 g/mol. The van der Waals surface area contributed by atoms with Crippen LogP contribution in [0, 0.1) is 0 Å². The van der Waals surface area contributed by atoms with Gasteiger partial charge in [0, 0.05) is 24.7 Å². The fourth-order valence-electron chi connectivity index (χ4n) is 1.94. The second-order valence-corrected chi connectivity index (χ2v) is 4.68. The first-order valence-corrected chi connectivity index (χ1v) is 6.60. The van der Waals surface area contributed by atoms with E-state index in [1.807, 2.05) is 20.9 Å². The van der Waals surface area contributed by atoms with Crippen LogP contribution in [0.4, 0.5) is 5.82 Å². The van der Waals surface area contributed by atoms with Gasteiger partial charge in [0.15, 0.2) is 10.8 Å². The van der Waals surface area contributed by atoms with Crippen molar-refractivity contribution >= 4 is 22.1 Å². The van der Waals surface area contributed by atoms with E-state index in [-0.39, 0.29) is 13.2 Å². The predicted molar refractivity (Wildman–Crippen MR) is 68.6 cm³/mol. The van der Waals surface area contributed by atoms with Crippen molar-refractivity contribution in [3.05, 3.63) is 17.3 Å². The Hall–Kier alpha value is -1.11. The van der Waals surface area contributed by atoms with Gasteiger partial charge in [0.2, 0.25) is 0 Å². The third kappa shape index (κ3) is 2.29. The Morgan fingerprint density at radius 3 is 2.88 bits per heavy atom. The molecule has 0 radical (unpaired) electrons. The van der Waals surface area contributed by atoms with Gasteiger partial charge >= 0.3 is 0 Å². The molecule has 0 fully saturated rings. The second-order valence-electron chi connectivity index (χ2n) is 3.81. The number of aliphatic hydroxyl groups excluding tert-OH is 2. The zero-order valence-corrected chi connectivity index (χ0v) is 10.7. The summed E-state index contributed by atoms with van der Waals surface area (Å²) >= 11 is 1.54. The van der Waals surface area contributed by atoms with Crippen molar-refractivity contribution in [3.8, 4) is 0 Å². The van der Waals surface area contributed by atoms with Crippen LogP contribution in [0.2, 0.25) is 0 Å². The second kappa shape index (κ2) is 5.48. The number of fused-ring (bicyclic) bond motifs is 1. The Labute approximate surface area is 104 Å². The van der Waals surface area contributed by atoms with E-state index in [1.165, 1.54) is 0 Å². The fourth-order valence-corrected chi connectivity index (χ4v) is 2.66. The number of imidazole rings is 1. The minimum Gasteiger partial charge on any atom is -0.395 e. The van der Waals surface area contributed by atoms with Crippen LogP contribution in [0.15, 0.2) is 11.6 Å². The molecule has 2 heterocycles. The van der Waals surface area contributed by atoms with Crippen LogP contribution in [0.5, 0.6) is 0 Å². The lowest BCUT2D eigenvalue weighted by Gasteiger charge is -2.21. The van der Waals surface area contributed by atoms with E-state index in [0.717, 1.165) is 29.4 Å². The number of nitrogens with zero attached hydrogens (tertiary/aromatic N) is 3. The van der Waals surface area contributed by atoms with Crippen molar-refractivity contribution in [2.45, 2.75) is 20.0 Å². The molecule has 0 saturated heterocycles. The van der Waals surface area contributed by atoms with E-state index in [1.54, 1.807) is 11.3 Å². The van der Waals surface area contributed by atoms with Crippen molar-refractivity contribution in [1.82, 2.24) is 9.38 Å². The highest BCUT2D eigenvalue weighted by Crippen LogP contribution is 2.24. The van der Waals surface area contributed by atoms with Crippen molar-refractivity contribution in [1.29, 1.82) is 0 Å². The molecule has 0 spiro atoms. The molecule has 0 bridgehead atoms. The zero-order valence-electron chi connectivity index (χ0n) is 9.83. The van der Waals surface area contributed by atoms with E-state index in [4.69, 9.17) is 5.11 Å². The number of anilines is 1.